The number of rotatable bonds is 9. The normalized spacial score (nSPS) is 15.7. The maximum atomic E-state index is 12.9. The number of amides is 1. The first-order valence-corrected chi connectivity index (χ1v) is 12.8. The number of hydrogen-bond acceptors (Lipinski definition) is 5. The van der Waals surface area contributed by atoms with Gasteiger partial charge in [-0.05, 0) is 68.2 Å². The van der Waals surface area contributed by atoms with E-state index in [9.17, 15) is 13.2 Å². The number of methoxy groups -OCH3 is 1. The number of hydrogen-bond donors (Lipinski definition) is 1. The number of benzene rings is 2. The molecule has 8 heteroatoms. The number of sulfonamides is 1. The Kier molecular flexibility index (Phi) is 8.15. The molecule has 1 atom stereocenters. The van der Waals surface area contributed by atoms with Crippen LogP contribution < -0.4 is 14.4 Å². The minimum Gasteiger partial charge on any atom is -0.497 e. The van der Waals surface area contributed by atoms with Crippen LogP contribution in [-0.2, 0) is 27.9 Å². The summed E-state index contributed by atoms with van der Waals surface area (Å²) in [6.07, 6.45) is 4.91. The quantitative estimate of drug-likeness (QED) is 0.623. The number of piperidine rings is 1. The molecule has 0 radical (unpaired) electrons. The zero-order valence-corrected chi connectivity index (χ0v) is 19.9. The molecule has 1 heterocycles. The van der Waals surface area contributed by atoms with E-state index in [4.69, 9.17) is 4.74 Å². The van der Waals surface area contributed by atoms with Gasteiger partial charge in [0.25, 0.3) is 0 Å². The van der Waals surface area contributed by atoms with Crippen molar-refractivity contribution in [3.8, 4) is 5.75 Å². The van der Waals surface area contributed by atoms with E-state index < -0.39 is 16.1 Å². The second-order valence-corrected chi connectivity index (χ2v) is 10.2. The van der Waals surface area contributed by atoms with Crippen molar-refractivity contribution in [1.82, 2.24) is 10.2 Å². The number of nitrogens with one attached hydrogen (secondary N) is 1. The molecule has 174 valence electrons. The second kappa shape index (κ2) is 10.8. The molecule has 0 bridgehead atoms. The van der Waals surface area contributed by atoms with Crippen LogP contribution in [0.2, 0.25) is 0 Å². The molecular weight excluding hydrogens is 426 g/mol. The summed E-state index contributed by atoms with van der Waals surface area (Å²) < 4.78 is 31.2. The van der Waals surface area contributed by atoms with Crippen molar-refractivity contribution in [2.45, 2.75) is 45.3 Å². The minimum absolute atomic E-state index is 0.344. The number of carbonyl (C=O) groups is 1. The van der Waals surface area contributed by atoms with Crippen LogP contribution in [0.3, 0.4) is 0 Å². The summed E-state index contributed by atoms with van der Waals surface area (Å²) in [5, 5.41) is 2.89. The maximum Gasteiger partial charge on any atom is 0.243 e. The monoisotopic (exact) mass is 459 g/mol. The van der Waals surface area contributed by atoms with Gasteiger partial charge in [0.05, 0.1) is 19.1 Å². The Morgan fingerprint density at radius 3 is 2.38 bits per heavy atom. The van der Waals surface area contributed by atoms with Crippen LogP contribution in [-0.4, -0.2) is 51.7 Å². The molecule has 1 aliphatic rings. The molecule has 0 spiro atoms. The van der Waals surface area contributed by atoms with Crippen LogP contribution in [0.15, 0.2) is 48.5 Å². The minimum atomic E-state index is -3.66. The largest absolute Gasteiger partial charge is 0.497 e. The Morgan fingerprint density at radius 2 is 1.75 bits per heavy atom. The van der Waals surface area contributed by atoms with E-state index in [2.05, 4.69) is 22.3 Å². The molecule has 0 aliphatic carbocycles. The van der Waals surface area contributed by atoms with Crippen molar-refractivity contribution in [3.63, 3.8) is 0 Å². The highest BCUT2D eigenvalue weighted by atomic mass is 32.2. The number of likely N-dealkylation sites (tertiary alicyclic amines) is 1. The predicted molar refractivity (Wildman–Crippen MR) is 127 cm³/mol. The summed E-state index contributed by atoms with van der Waals surface area (Å²) in [7, 11) is -2.12. The fourth-order valence-electron chi connectivity index (χ4n) is 4.09. The molecule has 0 saturated carbocycles. The van der Waals surface area contributed by atoms with Gasteiger partial charge in [0.1, 0.15) is 11.8 Å². The van der Waals surface area contributed by atoms with E-state index in [0.29, 0.717) is 18.0 Å². The predicted octanol–water partition coefficient (Wildman–Crippen LogP) is 3.15. The lowest BCUT2D eigenvalue weighted by Gasteiger charge is -2.28. The van der Waals surface area contributed by atoms with E-state index in [1.54, 1.807) is 38.3 Å². The van der Waals surface area contributed by atoms with Gasteiger partial charge in [0.2, 0.25) is 15.9 Å². The maximum absolute atomic E-state index is 12.9. The third-order valence-corrected chi connectivity index (χ3v) is 6.97. The molecule has 1 fully saturated rings. The standard InChI is InChI=1S/C24H33N3O4S/c1-19(27(32(3,29)30)22-10-12-23(31-2)13-11-22)24(28)25-17-20-8-7-9-21(16-20)18-26-14-5-4-6-15-26/h7-13,16,19H,4-6,14-15,17-18H2,1-3H3,(H,25,28)/t19-/m0/s1. The molecule has 2 aromatic carbocycles. The molecule has 2 aromatic rings. The van der Waals surface area contributed by atoms with E-state index in [0.717, 1.165) is 35.8 Å². The Labute approximate surface area is 191 Å². The van der Waals surface area contributed by atoms with Crippen molar-refractivity contribution in [2.75, 3.05) is 30.8 Å². The Morgan fingerprint density at radius 1 is 1.09 bits per heavy atom. The van der Waals surface area contributed by atoms with Crippen molar-refractivity contribution >= 4 is 21.6 Å². The van der Waals surface area contributed by atoms with Crippen molar-refractivity contribution in [1.29, 1.82) is 0 Å². The molecule has 7 nitrogen and oxygen atoms in total. The van der Waals surface area contributed by atoms with Crippen LogP contribution in [0.1, 0.15) is 37.3 Å². The lowest BCUT2D eigenvalue weighted by Crippen LogP contribution is -2.47. The van der Waals surface area contributed by atoms with E-state index in [1.807, 2.05) is 12.1 Å². The number of ether oxygens (including phenoxy) is 1. The number of carbonyl (C=O) groups excluding carboxylic acids is 1. The highest BCUT2D eigenvalue weighted by molar-refractivity contribution is 7.92. The van der Waals surface area contributed by atoms with Gasteiger partial charge >= 0.3 is 0 Å². The zero-order chi connectivity index (χ0) is 23.1. The summed E-state index contributed by atoms with van der Waals surface area (Å²) in [4.78, 5) is 15.3. The van der Waals surface area contributed by atoms with Crippen molar-refractivity contribution < 1.29 is 17.9 Å². The Hall–Kier alpha value is -2.58. The molecule has 32 heavy (non-hydrogen) atoms. The van der Waals surface area contributed by atoms with Gasteiger partial charge in [-0.25, -0.2) is 8.42 Å². The first-order chi connectivity index (χ1) is 15.3. The molecule has 1 aliphatic heterocycles. The lowest BCUT2D eigenvalue weighted by molar-refractivity contribution is -0.122. The Balaban J connectivity index is 1.65. The highest BCUT2D eigenvalue weighted by Gasteiger charge is 2.29. The molecule has 1 N–H and O–H groups in total. The number of anilines is 1. The van der Waals surface area contributed by atoms with Gasteiger partial charge in [-0.2, -0.15) is 0 Å². The summed E-state index contributed by atoms with van der Waals surface area (Å²) in [5.41, 5.74) is 2.64. The average Bonchev–Trinajstić information content (AvgIpc) is 2.78. The summed E-state index contributed by atoms with van der Waals surface area (Å²) >= 11 is 0. The SMILES string of the molecule is COc1ccc(N([C@@H](C)C(=O)NCc2cccc(CN3CCCCC3)c2)S(C)(=O)=O)cc1. The van der Waals surface area contributed by atoms with Crippen LogP contribution in [0, 0.1) is 0 Å². The van der Waals surface area contributed by atoms with Gasteiger partial charge in [-0.3, -0.25) is 14.0 Å². The molecule has 0 unspecified atom stereocenters. The topological polar surface area (TPSA) is 79.0 Å². The van der Waals surface area contributed by atoms with Gasteiger partial charge in [-0.1, -0.05) is 30.7 Å². The molecule has 1 amide bonds. The number of nitrogens with zero attached hydrogens (tertiary/aromatic N) is 2. The molecule has 0 aromatic heterocycles. The summed E-state index contributed by atoms with van der Waals surface area (Å²) in [5.74, 6) is 0.261. The van der Waals surface area contributed by atoms with Crippen LogP contribution in [0.5, 0.6) is 5.75 Å². The zero-order valence-electron chi connectivity index (χ0n) is 19.1. The van der Waals surface area contributed by atoms with Gasteiger partial charge < -0.3 is 10.1 Å². The smallest absolute Gasteiger partial charge is 0.243 e. The first kappa shape index (κ1) is 24.1. The molecule has 3 rings (SSSR count). The lowest BCUT2D eigenvalue weighted by atomic mass is 10.1. The van der Waals surface area contributed by atoms with E-state index in [-0.39, 0.29) is 5.91 Å². The summed E-state index contributed by atoms with van der Waals surface area (Å²) in [6.45, 7) is 5.11. The summed E-state index contributed by atoms with van der Waals surface area (Å²) in [6, 6.07) is 13.9. The van der Waals surface area contributed by atoms with Crippen molar-refractivity contribution in [2.24, 2.45) is 0 Å². The third-order valence-electron chi connectivity index (χ3n) is 5.73. The molecular formula is C24H33N3O4S. The van der Waals surface area contributed by atoms with Crippen LogP contribution in [0.25, 0.3) is 0 Å². The van der Waals surface area contributed by atoms with E-state index in [1.165, 1.54) is 24.8 Å². The van der Waals surface area contributed by atoms with Gasteiger partial charge in [0.15, 0.2) is 0 Å². The van der Waals surface area contributed by atoms with E-state index >= 15 is 0 Å². The second-order valence-electron chi connectivity index (χ2n) is 8.31. The average molecular weight is 460 g/mol. The van der Waals surface area contributed by atoms with Crippen molar-refractivity contribution in [3.05, 3.63) is 59.7 Å². The van der Waals surface area contributed by atoms with Gasteiger partial charge in [0, 0.05) is 13.1 Å². The van der Waals surface area contributed by atoms with Gasteiger partial charge in [-0.15, -0.1) is 0 Å². The Bertz CT molecular complexity index is 1000. The molecule has 1 saturated heterocycles. The fourth-order valence-corrected chi connectivity index (χ4v) is 5.26. The van der Waals surface area contributed by atoms with Crippen LogP contribution >= 0.6 is 0 Å². The third kappa shape index (κ3) is 6.46. The first-order valence-electron chi connectivity index (χ1n) is 11.0. The van der Waals surface area contributed by atoms with Crippen LogP contribution in [0.4, 0.5) is 5.69 Å². The highest BCUT2D eigenvalue weighted by Crippen LogP contribution is 2.24. The fraction of sp³-hybridized carbons (Fsp3) is 0.458.